The van der Waals surface area contributed by atoms with Crippen molar-refractivity contribution in [2.24, 2.45) is 5.73 Å². The van der Waals surface area contributed by atoms with E-state index in [1.807, 2.05) is 0 Å². The number of carbonyl (C=O) groups excluding carboxylic acids is 1. The lowest BCUT2D eigenvalue weighted by molar-refractivity contribution is -0.137. The van der Waals surface area contributed by atoms with Crippen LogP contribution in [0, 0.1) is 0 Å². The third-order valence-electron chi connectivity index (χ3n) is 2.64. The molecule has 0 aliphatic carbocycles. The number of anilines is 1. The second-order valence-corrected chi connectivity index (χ2v) is 4.20. The van der Waals surface area contributed by atoms with Crippen LogP contribution in [0.5, 0.6) is 0 Å². The Hall–Kier alpha value is -2.64. The van der Waals surface area contributed by atoms with E-state index in [4.69, 9.17) is 5.73 Å². The first kappa shape index (κ1) is 14.8. The maximum absolute atomic E-state index is 12.4. The van der Waals surface area contributed by atoms with Crippen molar-refractivity contribution in [3.63, 3.8) is 0 Å². The maximum Gasteiger partial charge on any atom is 0.416 e. The minimum Gasteiger partial charge on any atom is -0.365 e. The van der Waals surface area contributed by atoms with E-state index in [0.29, 0.717) is 11.4 Å². The Morgan fingerprint density at radius 1 is 1.19 bits per heavy atom. The molecule has 1 heterocycles. The van der Waals surface area contributed by atoms with Crippen molar-refractivity contribution in [2.45, 2.75) is 12.7 Å². The third-order valence-corrected chi connectivity index (χ3v) is 2.64. The summed E-state index contributed by atoms with van der Waals surface area (Å²) < 4.78 is 37.2. The van der Waals surface area contributed by atoms with Crippen LogP contribution in [0.1, 0.15) is 21.6 Å². The van der Waals surface area contributed by atoms with Gasteiger partial charge in [0.25, 0.3) is 5.91 Å². The second-order valence-electron chi connectivity index (χ2n) is 4.20. The van der Waals surface area contributed by atoms with Crippen molar-refractivity contribution >= 4 is 11.7 Å². The van der Waals surface area contributed by atoms with E-state index in [-0.39, 0.29) is 12.2 Å². The van der Waals surface area contributed by atoms with Crippen molar-refractivity contribution in [3.05, 3.63) is 53.5 Å². The molecule has 2 aromatic rings. The number of primary amides is 1. The molecule has 0 saturated carbocycles. The number of rotatable bonds is 4. The van der Waals surface area contributed by atoms with Crippen molar-refractivity contribution in [1.82, 2.24) is 9.97 Å². The van der Waals surface area contributed by atoms with E-state index in [1.54, 1.807) is 0 Å². The number of aromatic nitrogens is 2. The van der Waals surface area contributed by atoms with Crippen LogP contribution in [-0.2, 0) is 12.7 Å². The molecule has 8 heteroatoms. The topological polar surface area (TPSA) is 80.9 Å². The number of nitrogens with zero attached hydrogens (tertiary/aromatic N) is 2. The average Bonchev–Trinajstić information content (AvgIpc) is 2.45. The predicted octanol–water partition coefficient (Wildman–Crippen LogP) is 2.21. The first-order valence-electron chi connectivity index (χ1n) is 5.88. The molecule has 0 spiro atoms. The van der Waals surface area contributed by atoms with Crippen molar-refractivity contribution in [3.8, 4) is 0 Å². The smallest absolute Gasteiger partial charge is 0.365 e. The minimum atomic E-state index is -4.35. The number of benzene rings is 1. The lowest BCUT2D eigenvalue weighted by atomic mass is 10.1. The second kappa shape index (κ2) is 5.78. The SMILES string of the molecule is NC(=O)c1cncc(NCc2ccc(C(F)(F)F)cc2)n1. The summed E-state index contributed by atoms with van der Waals surface area (Å²) in [5, 5.41) is 2.85. The van der Waals surface area contributed by atoms with Crippen LogP contribution in [0.2, 0.25) is 0 Å². The normalized spacial score (nSPS) is 11.2. The number of nitrogens with one attached hydrogen (secondary N) is 1. The van der Waals surface area contributed by atoms with Gasteiger partial charge in [-0.2, -0.15) is 13.2 Å². The molecule has 0 bridgehead atoms. The van der Waals surface area contributed by atoms with E-state index in [9.17, 15) is 18.0 Å². The van der Waals surface area contributed by atoms with E-state index in [0.717, 1.165) is 12.1 Å². The fraction of sp³-hybridized carbons (Fsp3) is 0.154. The number of carbonyl (C=O) groups is 1. The van der Waals surface area contributed by atoms with Crippen LogP contribution in [0.15, 0.2) is 36.7 Å². The Kier molecular flexibility index (Phi) is 4.06. The number of halogens is 3. The minimum absolute atomic E-state index is 0.00687. The first-order chi connectivity index (χ1) is 9.86. The Morgan fingerprint density at radius 3 is 2.43 bits per heavy atom. The van der Waals surface area contributed by atoms with Gasteiger partial charge in [-0.1, -0.05) is 12.1 Å². The molecule has 2 rings (SSSR count). The third kappa shape index (κ3) is 3.91. The van der Waals surface area contributed by atoms with Gasteiger partial charge in [-0.3, -0.25) is 9.78 Å². The maximum atomic E-state index is 12.4. The van der Waals surface area contributed by atoms with E-state index >= 15 is 0 Å². The molecule has 0 unspecified atom stereocenters. The highest BCUT2D eigenvalue weighted by atomic mass is 19.4. The molecule has 0 fully saturated rings. The Balaban J connectivity index is 2.03. The standard InChI is InChI=1S/C13H11F3N4O/c14-13(15,16)9-3-1-8(2-4-9)5-19-11-7-18-6-10(20-11)12(17)21/h1-4,6-7H,5H2,(H2,17,21)(H,19,20). The Labute approximate surface area is 118 Å². The van der Waals surface area contributed by atoms with Crippen molar-refractivity contribution in [2.75, 3.05) is 5.32 Å². The zero-order chi connectivity index (χ0) is 15.5. The van der Waals surface area contributed by atoms with Gasteiger partial charge in [-0.15, -0.1) is 0 Å². The van der Waals surface area contributed by atoms with Crippen LogP contribution >= 0.6 is 0 Å². The summed E-state index contributed by atoms with van der Waals surface area (Å²) in [6.07, 6.45) is -1.74. The zero-order valence-corrected chi connectivity index (χ0v) is 10.7. The van der Waals surface area contributed by atoms with Gasteiger partial charge in [0.2, 0.25) is 0 Å². The predicted molar refractivity (Wildman–Crippen MR) is 69.3 cm³/mol. The average molecular weight is 296 g/mol. The summed E-state index contributed by atoms with van der Waals surface area (Å²) in [5.41, 5.74) is 5.01. The van der Waals surface area contributed by atoms with Gasteiger partial charge in [0.1, 0.15) is 11.5 Å². The Morgan fingerprint density at radius 2 is 1.86 bits per heavy atom. The van der Waals surface area contributed by atoms with Gasteiger partial charge in [0.05, 0.1) is 18.0 Å². The summed E-state index contributed by atoms with van der Waals surface area (Å²) in [7, 11) is 0. The van der Waals surface area contributed by atoms with Crippen molar-refractivity contribution in [1.29, 1.82) is 0 Å². The van der Waals surface area contributed by atoms with Gasteiger partial charge in [0, 0.05) is 6.54 Å². The van der Waals surface area contributed by atoms with Crippen LogP contribution in [-0.4, -0.2) is 15.9 Å². The number of nitrogens with two attached hydrogens (primary N) is 1. The van der Waals surface area contributed by atoms with E-state index in [2.05, 4.69) is 15.3 Å². The largest absolute Gasteiger partial charge is 0.416 e. The summed E-state index contributed by atoms with van der Waals surface area (Å²) in [4.78, 5) is 18.7. The van der Waals surface area contributed by atoms with Gasteiger partial charge >= 0.3 is 6.18 Å². The molecule has 5 nitrogen and oxygen atoms in total. The van der Waals surface area contributed by atoms with Gasteiger partial charge in [-0.05, 0) is 17.7 Å². The number of hydrogen-bond donors (Lipinski definition) is 2. The highest BCUT2D eigenvalue weighted by Crippen LogP contribution is 2.29. The molecule has 1 amide bonds. The highest BCUT2D eigenvalue weighted by Gasteiger charge is 2.29. The molecule has 0 radical (unpaired) electrons. The molecular formula is C13H11F3N4O. The summed E-state index contributed by atoms with van der Waals surface area (Å²) in [6.45, 7) is 0.245. The summed E-state index contributed by atoms with van der Waals surface area (Å²) >= 11 is 0. The number of alkyl halides is 3. The summed E-state index contributed by atoms with van der Waals surface area (Å²) in [6, 6.07) is 4.73. The van der Waals surface area contributed by atoms with Crippen molar-refractivity contribution < 1.29 is 18.0 Å². The monoisotopic (exact) mass is 296 g/mol. The molecular weight excluding hydrogens is 285 g/mol. The van der Waals surface area contributed by atoms with E-state index in [1.165, 1.54) is 24.5 Å². The molecule has 0 aliphatic rings. The van der Waals surface area contributed by atoms with Crippen LogP contribution in [0.3, 0.4) is 0 Å². The molecule has 0 saturated heterocycles. The van der Waals surface area contributed by atoms with Crippen LogP contribution in [0.25, 0.3) is 0 Å². The molecule has 1 aromatic carbocycles. The molecule has 1 aromatic heterocycles. The fourth-order valence-corrected chi connectivity index (χ4v) is 1.57. The molecule has 3 N–H and O–H groups in total. The lowest BCUT2D eigenvalue weighted by Gasteiger charge is -2.09. The lowest BCUT2D eigenvalue weighted by Crippen LogP contribution is -2.14. The number of amides is 1. The van der Waals surface area contributed by atoms with Gasteiger partial charge in [0.15, 0.2) is 0 Å². The molecule has 0 atom stereocenters. The first-order valence-corrected chi connectivity index (χ1v) is 5.88. The highest BCUT2D eigenvalue weighted by molar-refractivity contribution is 5.90. The van der Waals surface area contributed by atoms with Crippen LogP contribution in [0.4, 0.5) is 19.0 Å². The van der Waals surface area contributed by atoms with E-state index < -0.39 is 17.6 Å². The fourth-order valence-electron chi connectivity index (χ4n) is 1.57. The molecule has 110 valence electrons. The summed E-state index contributed by atoms with van der Waals surface area (Å²) in [5.74, 6) is -0.396. The molecule has 21 heavy (non-hydrogen) atoms. The molecule has 0 aliphatic heterocycles. The Bertz CT molecular complexity index is 641. The zero-order valence-electron chi connectivity index (χ0n) is 10.7. The van der Waals surface area contributed by atoms with Gasteiger partial charge < -0.3 is 11.1 Å². The number of hydrogen-bond acceptors (Lipinski definition) is 4. The van der Waals surface area contributed by atoms with Crippen LogP contribution < -0.4 is 11.1 Å². The van der Waals surface area contributed by atoms with Gasteiger partial charge in [-0.25, -0.2) is 4.98 Å². The quantitative estimate of drug-likeness (QED) is 0.906.